The summed E-state index contributed by atoms with van der Waals surface area (Å²) in [6, 6.07) is 8.62. The molecule has 0 bridgehead atoms. The molecule has 2 rings (SSSR count). The molecule has 6 nitrogen and oxygen atoms in total. The maximum atomic E-state index is 11.9. The van der Waals surface area contributed by atoms with Crippen molar-refractivity contribution in [2.24, 2.45) is 0 Å². The molecule has 0 spiro atoms. The van der Waals surface area contributed by atoms with E-state index in [-0.39, 0.29) is 18.2 Å². The van der Waals surface area contributed by atoms with Crippen molar-refractivity contribution in [2.75, 3.05) is 6.61 Å². The highest BCUT2D eigenvalue weighted by atomic mass is 32.2. The molecule has 0 saturated heterocycles. The third kappa shape index (κ3) is 4.43. The molecule has 110 valence electrons. The Labute approximate surface area is 123 Å². The van der Waals surface area contributed by atoms with Crippen LogP contribution in [0.5, 0.6) is 0 Å². The number of aromatic amines is 1. The van der Waals surface area contributed by atoms with E-state index in [2.05, 4.69) is 26.8 Å². The fraction of sp³-hybridized carbons (Fsp3) is 0.214. The van der Waals surface area contributed by atoms with Crippen LogP contribution in [-0.4, -0.2) is 30.3 Å². The van der Waals surface area contributed by atoms with Crippen molar-refractivity contribution >= 4 is 10.0 Å². The second-order valence-electron chi connectivity index (χ2n) is 4.22. The number of hydrogen-bond acceptors (Lipinski definition) is 4. The lowest BCUT2D eigenvalue weighted by atomic mass is 10.1. The monoisotopic (exact) mass is 305 g/mol. The number of rotatable bonds is 5. The van der Waals surface area contributed by atoms with Gasteiger partial charge in [-0.05, 0) is 23.8 Å². The first kappa shape index (κ1) is 15.3. The first-order valence-corrected chi connectivity index (χ1v) is 7.78. The van der Waals surface area contributed by atoms with Gasteiger partial charge in [0.05, 0.1) is 12.8 Å². The average molecular weight is 305 g/mol. The molecular weight excluding hydrogens is 290 g/mol. The number of hydrogen-bond donors (Lipinski definition) is 3. The third-order valence-electron chi connectivity index (χ3n) is 2.65. The van der Waals surface area contributed by atoms with Gasteiger partial charge >= 0.3 is 0 Å². The van der Waals surface area contributed by atoms with Gasteiger partial charge in [-0.3, -0.25) is 5.10 Å². The fourth-order valence-corrected chi connectivity index (χ4v) is 2.50. The smallest absolute Gasteiger partial charge is 0.257 e. The van der Waals surface area contributed by atoms with Crippen molar-refractivity contribution in [3.05, 3.63) is 47.7 Å². The van der Waals surface area contributed by atoms with Crippen LogP contribution in [0, 0.1) is 11.8 Å². The van der Waals surface area contributed by atoms with E-state index in [1.54, 1.807) is 12.1 Å². The summed E-state index contributed by atoms with van der Waals surface area (Å²) < 4.78 is 26.2. The van der Waals surface area contributed by atoms with Crippen molar-refractivity contribution in [3.8, 4) is 11.8 Å². The molecule has 3 N–H and O–H groups in total. The van der Waals surface area contributed by atoms with Crippen LogP contribution in [-0.2, 0) is 16.6 Å². The van der Waals surface area contributed by atoms with Crippen LogP contribution >= 0.6 is 0 Å². The molecular formula is C14H15N3O3S. The summed E-state index contributed by atoms with van der Waals surface area (Å²) in [6.07, 6.45) is 1.82. The minimum absolute atomic E-state index is 0.0361. The van der Waals surface area contributed by atoms with E-state index in [9.17, 15) is 8.42 Å². The maximum Gasteiger partial charge on any atom is 0.257 e. The first-order chi connectivity index (χ1) is 10.1. The maximum absolute atomic E-state index is 11.9. The lowest BCUT2D eigenvalue weighted by Crippen LogP contribution is -2.23. The molecule has 21 heavy (non-hydrogen) atoms. The summed E-state index contributed by atoms with van der Waals surface area (Å²) in [4.78, 5) is 0. The molecule has 0 atom stereocenters. The molecule has 0 aliphatic heterocycles. The summed E-state index contributed by atoms with van der Waals surface area (Å²) >= 11 is 0. The molecule has 0 fully saturated rings. The van der Waals surface area contributed by atoms with Crippen molar-refractivity contribution in [1.29, 1.82) is 0 Å². The van der Waals surface area contributed by atoms with Gasteiger partial charge in [0.25, 0.3) is 10.0 Å². The number of H-pyrrole nitrogens is 1. The Bertz CT molecular complexity index is 726. The van der Waals surface area contributed by atoms with Gasteiger partial charge in [-0.25, -0.2) is 13.1 Å². The Morgan fingerprint density at radius 3 is 2.62 bits per heavy atom. The summed E-state index contributed by atoms with van der Waals surface area (Å²) in [7, 11) is -3.57. The fourth-order valence-electron chi connectivity index (χ4n) is 1.58. The summed E-state index contributed by atoms with van der Waals surface area (Å²) in [5.41, 5.74) is 1.65. The molecule has 0 radical (unpaired) electrons. The first-order valence-electron chi connectivity index (χ1n) is 6.29. The standard InChI is InChI=1S/C14H15N3O3S/c18-10-2-1-3-12-4-6-13(7-5-12)11-16-21(19,20)14-8-9-15-17-14/h4-9,16,18H,2,10-11H2,(H,15,17). The Hall–Kier alpha value is -2.14. The van der Waals surface area contributed by atoms with Gasteiger partial charge in [-0.1, -0.05) is 24.0 Å². The number of sulfonamides is 1. The minimum atomic E-state index is -3.57. The van der Waals surface area contributed by atoms with Crippen LogP contribution in [0.3, 0.4) is 0 Å². The van der Waals surface area contributed by atoms with Gasteiger partial charge < -0.3 is 5.11 Å². The van der Waals surface area contributed by atoms with Crippen LogP contribution in [0.4, 0.5) is 0 Å². The Balaban J connectivity index is 1.97. The van der Waals surface area contributed by atoms with Crippen molar-refractivity contribution in [3.63, 3.8) is 0 Å². The van der Waals surface area contributed by atoms with E-state index in [0.717, 1.165) is 11.1 Å². The van der Waals surface area contributed by atoms with Crippen LogP contribution < -0.4 is 4.72 Å². The van der Waals surface area contributed by atoms with Gasteiger partial charge in [0.15, 0.2) is 5.03 Å². The molecule has 7 heteroatoms. The van der Waals surface area contributed by atoms with Gasteiger partial charge in [0, 0.05) is 18.5 Å². The van der Waals surface area contributed by atoms with Crippen molar-refractivity contribution < 1.29 is 13.5 Å². The normalized spacial score (nSPS) is 10.9. The van der Waals surface area contributed by atoms with Gasteiger partial charge in [-0.2, -0.15) is 5.10 Å². The molecule has 0 amide bonds. The predicted octanol–water partition coefficient (Wildman–Crippen LogP) is 0.622. The largest absolute Gasteiger partial charge is 0.395 e. The van der Waals surface area contributed by atoms with Gasteiger partial charge in [0.1, 0.15) is 0 Å². The Kier molecular flexibility index (Phi) is 5.11. The number of aliphatic hydroxyl groups excluding tert-OH is 1. The van der Waals surface area contributed by atoms with E-state index in [1.165, 1.54) is 12.3 Å². The molecule has 0 aliphatic rings. The molecule has 1 aromatic heterocycles. The quantitative estimate of drug-likeness (QED) is 0.706. The topological polar surface area (TPSA) is 95.1 Å². The van der Waals surface area contributed by atoms with E-state index in [4.69, 9.17) is 5.11 Å². The molecule has 1 heterocycles. The van der Waals surface area contributed by atoms with Crippen LogP contribution in [0.25, 0.3) is 0 Å². The highest BCUT2D eigenvalue weighted by Crippen LogP contribution is 2.07. The number of benzene rings is 1. The number of nitrogens with zero attached hydrogens (tertiary/aromatic N) is 1. The second-order valence-corrected chi connectivity index (χ2v) is 5.95. The van der Waals surface area contributed by atoms with Crippen molar-refractivity contribution in [2.45, 2.75) is 18.0 Å². The highest BCUT2D eigenvalue weighted by Gasteiger charge is 2.14. The molecule has 0 saturated carbocycles. The summed E-state index contributed by atoms with van der Waals surface area (Å²) in [5.74, 6) is 5.73. The summed E-state index contributed by atoms with van der Waals surface area (Å²) in [6.45, 7) is 0.228. The second kappa shape index (κ2) is 7.04. The zero-order valence-corrected chi connectivity index (χ0v) is 12.0. The number of aromatic nitrogens is 2. The van der Waals surface area contributed by atoms with E-state index in [1.807, 2.05) is 12.1 Å². The van der Waals surface area contributed by atoms with Crippen LogP contribution in [0.2, 0.25) is 0 Å². The zero-order chi connectivity index (χ0) is 15.1. The lowest BCUT2D eigenvalue weighted by molar-refractivity contribution is 0.305. The molecule has 0 unspecified atom stereocenters. The lowest BCUT2D eigenvalue weighted by Gasteiger charge is -2.04. The predicted molar refractivity (Wildman–Crippen MR) is 77.6 cm³/mol. The minimum Gasteiger partial charge on any atom is -0.395 e. The van der Waals surface area contributed by atoms with Gasteiger partial charge in [0.2, 0.25) is 0 Å². The molecule has 2 aromatic rings. The Morgan fingerprint density at radius 2 is 2.00 bits per heavy atom. The Morgan fingerprint density at radius 1 is 1.24 bits per heavy atom. The summed E-state index contributed by atoms with van der Waals surface area (Å²) in [5, 5.41) is 14.7. The van der Waals surface area contributed by atoms with Crippen molar-refractivity contribution in [1.82, 2.24) is 14.9 Å². The van der Waals surface area contributed by atoms with Crippen LogP contribution in [0.1, 0.15) is 17.5 Å². The molecule has 0 aliphatic carbocycles. The molecule has 1 aromatic carbocycles. The number of aliphatic hydroxyl groups is 1. The third-order valence-corrected chi connectivity index (χ3v) is 3.99. The van der Waals surface area contributed by atoms with Crippen LogP contribution in [0.15, 0.2) is 41.6 Å². The SMILES string of the molecule is O=S(=O)(NCc1ccc(C#CCCO)cc1)c1ccn[nH]1. The highest BCUT2D eigenvalue weighted by molar-refractivity contribution is 7.89. The van der Waals surface area contributed by atoms with E-state index in [0.29, 0.717) is 6.42 Å². The average Bonchev–Trinajstić information content (AvgIpc) is 3.02. The van der Waals surface area contributed by atoms with E-state index >= 15 is 0 Å². The number of nitrogens with one attached hydrogen (secondary N) is 2. The zero-order valence-electron chi connectivity index (χ0n) is 11.2. The van der Waals surface area contributed by atoms with Gasteiger partial charge in [-0.15, -0.1) is 0 Å². The van der Waals surface area contributed by atoms with E-state index < -0.39 is 10.0 Å².